The van der Waals surface area contributed by atoms with E-state index >= 15 is 0 Å². The Morgan fingerprint density at radius 3 is 2.50 bits per heavy atom. The van der Waals surface area contributed by atoms with Crippen molar-refractivity contribution in [2.45, 2.75) is 32.4 Å². The number of carbonyl (C=O) groups is 1. The largest absolute Gasteiger partial charge is 0.352 e. The second-order valence-corrected chi connectivity index (χ2v) is 10.5. The van der Waals surface area contributed by atoms with Crippen molar-refractivity contribution in [2.24, 2.45) is 0 Å². The van der Waals surface area contributed by atoms with E-state index in [9.17, 15) is 4.79 Å². The molecule has 0 unspecified atom stereocenters. The molecule has 0 aliphatic carbocycles. The minimum Gasteiger partial charge on any atom is -0.352 e. The van der Waals surface area contributed by atoms with Crippen molar-refractivity contribution in [1.29, 1.82) is 0 Å². The van der Waals surface area contributed by atoms with Gasteiger partial charge in [0.25, 0.3) is 0 Å². The number of aryl methyl sites for hydroxylation is 1. The maximum Gasteiger partial charge on any atom is 0.226 e. The number of thiocarbonyl (C=S) groups is 1. The number of hydrogen-bond acceptors (Lipinski definition) is 3. The molecule has 40 heavy (non-hydrogen) atoms. The zero-order valence-corrected chi connectivity index (χ0v) is 23.4. The normalized spacial score (nSPS) is 16.8. The van der Waals surface area contributed by atoms with Crippen molar-refractivity contribution in [1.82, 2.24) is 19.8 Å². The molecule has 7 heteroatoms. The number of aromatic nitrogens is 2. The maximum absolute atomic E-state index is 12.9. The van der Waals surface area contributed by atoms with Crippen LogP contribution in [0.3, 0.4) is 0 Å². The van der Waals surface area contributed by atoms with Crippen molar-refractivity contribution in [3.63, 3.8) is 0 Å². The highest BCUT2D eigenvalue weighted by Crippen LogP contribution is 2.42. The summed E-state index contributed by atoms with van der Waals surface area (Å²) in [5.41, 5.74) is 6.30. The van der Waals surface area contributed by atoms with Crippen molar-refractivity contribution in [2.75, 3.05) is 11.9 Å². The maximum atomic E-state index is 12.9. The second kappa shape index (κ2) is 10.9. The molecular weight excluding hydrogens is 514 g/mol. The number of carbonyl (C=O) groups excluding carboxylic acids is 1. The van der Waals surface area contributed by atoms with Gasteiger partial charge in [-0.05, 0) is 73.4 Å². The summed E-state index contributed by atoms with van der Waals surface area (Å²) in [7, 11) is 0. The van der Waals surface area contributed by atoms with Gasteiger partial charge in [0.1, 0.15) is 0 Å². The molecule has 1 fully saturated rings. The Balaban J connectivity index is 1.37. The number of para-hydroxylation sites is 1. The number of anilines is 1. The van der Waals surface area contributed by atoms with Crippen LogP contribution in [0.1, 0.15) is 41.1 Å². The molecule has 1 aliphatic heterocycles. The predicted molar refractivity (Wildman–Crippen MR) is 165 cm³/mol. The van der Waals surface area contributed by atoms with E-state index in [0.717, 1.165) is 34.0 Å². The van der Waals surface area contributed by atoms with Crippen LogP contribution in [0.25, 0.3) is 16.5 Å². The molecule has 6 nitrogen and oxygen atoms in total. The quantitative estimate of drug-likeness (QED) is 0.225. The summed E-state index contributed by atoms with van der Waals surface area (Å²) in [5.74, 6) is -0.0461. The Morgan fingerprint density at radius 1 is 0.950 bits per heavy atom. The SMILES string of the molecule is Cc1cc([C@@H]2[C@H](c3ccccn3)NC(=S)N2CCC(=O)Nc2ccccc2)c(C)n1-c1cccc2ccccc12. The minimum atomic E-state index is -0.146. The van der Waals surface area contributed by atoms with Crippen molar-refractivity contribution in [3.05, 3.63) is 126 Å². The first-order valence-electron chi connectivity index (χ1n) is 13.5. The number of nitrogens with zero attached hydrogens (tertiary/aromatic N) is 3. The fourth-order valence-electron chi connectivity index (χ4n) is 5.81. The van der Waals surface area contributed by atoms with E-state index in [-0.39, 0.29) is 18.0 Å². The molecule has 6 rings (SSSR count). The van der Waals surface area contributed by atoms with Gasteiger partial charge in [-0.3, -0.25) is 9.78 Å². The molecule has 0 radical (unpaired) electrons. The van der Waals surface area contributed by atoms with Crippen LogP contribution in [-0.4, -0.2) is 32.0 Å². The first kappa shape index (κ1) is 25.8. The van der Waals surface area contributed by atoms with Gasteiger partial charge in [-0.1, -0.05) is 60.7 Å². The molecule has 1 amide bonds. The van der Waals surface area contributed by atoms with Crippen LogP contribution in [0, 0.1) is 13.8 Å². The third-order valence-corrected chi connectivity index (χ3v) is 7.98. The van der Waals surface area contributed by atoms with Crippen LogP contribution in [0.2, 0.25) is 0 Å². The summed E-state index contributed by atoms with van der Waals surface area (Å²) < 4.78 is 2.33. The lowest BCUT2D eigenvalue weighted by Crippen LogP contribution is -2.32. The van der Waals surface area contributed by atoms with Crippen LogP contribution in [0.4, 0.5) is 5.69 Å². The lowest BCUT2D eigenvalue weighted by atomic mass is 9.96. The monoisotopic (exact) mass is 545 g/mol. The molecule has 200 valence electrons. The highest BCUT2D eigenvalue weighted by molar-refractivity contribution is 7.80. The summed E-state index contributed by atoms with van der Waals surface area (Å²) in [5, 5.41) is 9.55. The summed E-state index contributed by atoms with van der Waals surface area (Å²) in [6.07, 6.45) is 2.12. The van der Waals surface area contributed by atoms with E-state index in [1.165, 1.54) is 10.8 Å². The smallest absolute Gasteiger partial charge is 0.226 e. The van der Waals surface area contributed by atoms with Crippen LogP contribution in [0.15, 0.2) is 103 Å². The molecule has 1 aliphatic rings. The molecule has 0 spiro atoms. The zero-order valence-electron chi connectivity index (χ0n) is 22.5. The molecule has 0 bridgehead atoms. The summed E-state index contributed by atoms with van der Waals surface area (Å²) in [4.78, 5) is 19.7. The Hall–Kier alpha value is -4.49. The number of benzene rings is 3. The van der Waals surface area contributed by atoms with Gasteiger partial charge >= 0.3 is 0 Å². The molecule has 2 N–H and O–H groups in total. The van der Waals surface area contributed by atoms with Crippen LogP contribution in [0.5, 0.6) is 0 Å². The minimum absolute atomic E-state index is 0.0461. The molecule has 0 saturated carbocycles. The highest BCUT2D eigenvalue weighted by atomic mass is 32.1. The number of nitrogens with one attached hydrogen (secondary N) is 2. The van der Waals surface area contributed by atoms with Gasteiger partial charge in [0.05, 0.1) is 23.5 Å². The van der Waals surface area contributed by atoms with E-state index in [1.54, 1.807) is 0 Å². The third-order valence-electron chi connectivity index (χ3n) is 7.63. The fraction of sp³-hybridized carbons (Fsp3) is 0.182. The summed E-state index contributed by atoms with van der Waals surface area (Å²) in [6, 6.07) is 32.4. The fourth-order valence-corrected chi connectivity index (χ4v) is 6.14. The number of pyridine rings is 1. The van der Waals surface area contributed by atoms with Gasteiger partial charge in [-0.15, -0.1) is 0 Å². The van der Waals surface area contributed by atoms with Gasteiger partial charge in [0.2, 0.25) is 5.91 Å². The first-order valence-corrected chi connectivity index (χ1v) is 13.9. The van der Waals surface area contributed by atoms with E-state index < -0.39 is 0 Å². The number of rotatable bonds is 7. The molecule has 3 aromatic carbocycles. The van der Waals surface area contributed by atoms with Gasteiger partial charge in [-0.25, -0.2) is 0 Å². The standard InChI is InChI=1S/C33H31N5OS/c1-22-21-27(23(2)38(22)29-17-10-12-24-11-6-7-15-26(24)29)32-31(28-16-8-9-19-34-28)36-33(40)37(32)20-18-30(39)35-25-13-4-3-5-14-25/h3-17,19,21,31-32H,18,20H2,1-2H3,(H,35,39)(H,36,40)/t31-,32+/m0/s1. The Kier molecular flexibility index (Phi) is 7.05. The molecule has 2 atom stereocenters. The lowest BCUT2D eigenvalue weighted by Gasteiger charge is -2.28. The third kappa shape index (κ3) is 4.84. The molecular formula is C33H31N5OS. The van der Waals surface area contributed by atoms with Crippen LogP contribution in [-0.2, 0) is 4.79 Å². The highest BCUT2D eigenvalue weighted by Gasteiger charge is 2.41. The zero-order chi connectivity index (χ0) is 27.6. The summed E-state index contributed by atoms with van der Waals surface area (Å²) >= 11 is 5.86. The average molecular weight is 546 g/mol. The molecule has 1 saturated heterocycles. The van der Waals surface area contributed by atoms with Crippen molar-refractivity contribution < 1.29 is 4.79 Å². The van der Waals surface area contributed by atoms with Crippen LogP contribution >= 0.6 is 12.2 Å². The van der Waals surface area contributed by atoms with Crippen molar-refractivity contribution >= 4 is 39.7 Å². The van der Waals surface area contributed by atoms with Gasteiger partial charge < -0.3 is 20.1 Å². The molecule has 3 heterocycles. The van der Waals surface area contributed by atoms with Crippen LogP contribution < -0.4 is 10.6 Å². The molecule has 2 aromatic heterocycles. The van der Waals surface area contributed by atoms with E-state index in [4.69, 9.17) is 12.2 Å². The van der Waals surface area contributed by atoms with E-state index in [2.05, 4.69) is 87.5 Å². The Bertz CT molecular complexity index is 1680. The van der Waals surface area contributed by atoms with Gasteiger partial charge in [0.15, 0.2) is 5.11 Å². The average Bonchev–Trinajstić information content (AvgIpc) is 3.46. The number of fused-ring (bicyclic) bond motifs is 1. The Morgan fingerprint density at radius 2 is 1.70 bits per heavy atom. The second-order valence-electron chi connectivity index (χ2n) is 10.1. The van der Waals surface area contributed by atoms with Gasteiger partial charge in [0, 0.05) is 41.6 Å². The summed E-state index contributed by atoms with van der Waals surface area (Å²) in [6.45, 7) is 4.80. The Labute approximate surface area is 239 Å². The lowest BCUT2D eigenvalue weighted by molar-refractivity contribution is -0.116. The number of hydrogen-bond donors (Lipinski definition) is 2. The molecule has 5 aromatic rings. The first-order chi connectivity index (χ1) is 19.5. The predicted octanol–water partition coefficient (Wildman–Crippen LogP) is 6.64. The van der Waals surface area contributed by atoms with E-state index in [0.29, 0.717) is 18.1 Å². The van der Waals surface area contributed by atoms with E-state index in [1.807, 2.05) is 54.7 Å². The van der Waals surface area contributed by atoms with Gasteiger partial charge in [-0.2, -0.15) is 0 Å². The number of amides is 1. The van der Waals surface area contributed by atoms with Crippen molar-refractivity contribution in [3.8, 4) is 5.69 Å². The topological polar surface area (TPSA) is 62.2 Å².